The molecule has 3 N–H and O–H groups in total. The van der Waals surface area contributed by atoms with Crippen LogP contribution < -0.4 is 5.32 Å². The molecule has 0 radical (unpaired) electrons. The van der Waals surface area contributed by atoms with Crippen LogP contribution in [0, 0.1) is 0 Å². The van der Waals surface area contributed by atoms with Gasteiger partial charge in [0.2, 0.25) is 5.91 Å². The lowest BCUT2D eigenvalue weighted by Gasteiger charge is -2.25. The van der Waals surface area contributed by atoms with Gasteiger partial charge in [-0.1, -0.05) is 0 Å². The molecule has 23 heavy (non-hydrogen) atoms. The van der Waals surface area contributed by atoms with E-state index in [2.05, 4.69) is 15.3 Å². The van der Waals surface area contributed by atoms with Crippen molar-refractivity contribution in [3.63, 3.8) is 0 Å². The monoisotopic (exact) mass is 318 g/mol. The van der Waals surface area contributed by atoms with Crippen LogP contribution in [0.3, 0.4) is 0 Å². The lowest BCUT2D eigenvalue weighted by Crippen LogP contribution is -2.32. The second kappa shape index (κ2) is 4.98. The molecule has 2 aromatic rings. The van der Waals surface area contributed by atoms with Gasteiger partial charge in [0.05, 0.1) is 18.1 Å². The minimum atomic E-state index is -1.12. The highest BCUT2D eigenvalue weighted by molar-refractivity contribution is 6.02. The van der Waals surface area contributed by atoms with Gasteiger partial charge >= 0.3 is 0 Å². The number of aliphatic hydroxyl groups excluding tert-OH is 1. The van der Waals surface area contributed by atoms with E-state index in [-0.39, 0.29) is 12.5 Å². The van der Waals surface area contributed by atoms with E-state index in [1.165, 1.54) is 6.33 Å². The number of hydrogen-bond acceptors (Lipinski definition) is 6. The molecule has 0 bridgehead atoms. The van der Waals surface area contributed by atoms with Gasteiger partial charge in [-0.15, -0.1) is 0 Å². The molecule has 1 saturated heterocycles. The minimum absolute atomic E-state index is 0.0720. The smallest absolute Gasteiger partial charge is 0.225 e. The summed E-state index contributed by atoms with van der Waals surface area (Å²) in [6.07, 6.45) is 3.49. The van der Waals surface area contributed by atoms with Crippen LogP contribution >= 0.6 is 0 Å². The van der Waals surface area contributed by atoms with Gasteiger partial charge in [0.15, 0.2) is 6.23 Å². The fourth-order valence-electron chi connectivity index (χ4n) is 3.48. The molecule has 1 fully saturated rings. The molecule has 0 aliphatic carbocycles. The lowest BCUT2D eigenvalue weighted by molar-refractivity contribution is -0.116. The van der Waals surface area contributed by atoms with Gasteiger partial charge in [-0.25, -0.2) is 9.97 Å². The van der Waals surface area contributed by atoms with Crippen LogP contribution in [0.4, 0.5) is 5.82 Å². The van der Waals surface area contributed by atoms with Crippen molar-refractivity contribution in [2.24, 2.45) is 0 Å². The number of anilines is 1. The summed E-state index contributed by atoms with van der Waals surface area (Å²) in [4.78, 5) is 20.2. The topological polar surface area (TPSA) is 110 Å². The number of ether oxygens (including phenoxy) is 1. The summed E-state index contributed by atoms with van der Waals surface area (Å²) in [7, 11) is 0. The molecule has 2 aliphatic heterocycles. The average Bonchev–Trinajstić information content (AvgIpc) is 2.96. The van der Waals surface area contributed by atoms with Crippen molar-refractivity contribution in [1.82, 2.24) is 14.5 Å². The Morgan fingerprint density at radius 1 is 1.48 bits per heavy atom. The normalized spacial score (nSPS) is 30.5. The molecule has 2 aromatic heterocycles. The molecule has 3 atom stereocenters. The van der Waals surface area contributed by atoms with Gasteiger partial charge in [-0.05, 0) is 18.9 Å². The van der Waals surface area contributed by atoms with Crippen molar-refractivity contribution < 1.29 is 19.7 Å². The number of amides is 1. The quantitative estimate of drug-likeness (QED) is 0.737. The number of carbonyl (C=O) groups excluding carboxylic acids is 1. The van der Waals surface area contributed by atoms with Crippen molar-refractivity contribution in [2.75, 3.05) is 11.9 Å². The van der Waals surface area contributed by atoms with Crippen molar-refractivity contribution in [2.45, 2.75) is 44.1 Å². The molecule has 8 nitrogen and oxygen atoms in total. The van der Waals surface area contributed by atoms with E-state index >= 15 is 0 Å². The number of nitrogens with one attached hydrogen (secondary N) is 1. The first-order chi connectivity index (χ1) is 11.0. The highest BCUT2D eigenvalue weighted by Crippen LogP contribution is 2.41. The third-order valence-electron chi connectivity index (χ3n) is 4.52. The lowest BCUT2D eigenvalue weighted by atomic mass is 10.0. The molecule has 0 aromatic carbocycles. The van der Waals surface area contributed by atoms with Crippen molar-refractivity contribution >= 4 is 22.8 Å². The maximum Gasteiger partial charge on any atom is 0.225 e. The Labute approximate surface area is 132 Å². The fourth-order valence-corrected chi connectivity index (χ4v) is 3.48. The number of aryl methyl sites for hydroxylation is 1. The zero-order valence-corrected chi connectivity index (χ0v) is 12.7. The van der Waals surface area contributed by atoms with E-state index in [4.69, 9.17) is 4.74 Å². The van der Waals surface area contributed by atoms with E-state index in [1.54, 1.807) is 11.5 Å². The number of aliphatic hydroxyl groups is 2. The van der Waals surface area contributed by atoms with Crippen molar-refractivity contribution in [1.29, 1.82) is 0 Å². The largest absolute Gasteiger partial charge is 0.394 e. The Kier molecular flexibility index (Phi) is 3.15. The highest BCUT2D eigenvalue weighted by atomic mass is 16.5. The first-order valence-corrected chi connectivity index (χ1v) is 7.62. The van der Waals surface area contributed by atoms with Crippen LogP contribution in [0.1, 0.15) is 31.6 Å². The van der Waals surface area contributed by atoms with Gasteiger partial charge in [0.1, 0.15) is 23.4 Å². The highest BCUT2D eigenvalue weighted by Gasteiger charge is 2.45. The first kappa shape index (κ1) is 14.6. The summed E-state index contributed by atoms with van der Waals surface area (Å²) in [6.45, 7) is 1.55. The number of carbonyl (C=O) groups is 1. The van der Waals surface area contributed by atoms with Crippen molar-refractivity contribution in [3.8, 4) is 0 Å². The first-order valence-electron chi connectivity index (χ1n) is 7.62. The Balaban J connectivity index is 1.87. The van der Waals surface area contributed by atoms with Crippen LogP contribution in [-0.4, -0.2) is 49.0 Å². The number of rotatable bonds is 2. The zero-order chi connectivity index (χ0) is 16.2. The second-order valence-corrected chi connectivity index (χ2v) is 6.38. The molecular weight excluding hydrogens is 300 g/mol. The van der Waals surface area contributed by atoms with E-state index in [9.17, 15) is 15.0 Å². The molecule has 0 saturated carbocycles. The van der Waals surface area contributed by atoms with Gasteiger partial charge in [-0.3, -0.25) is 4.79 Å². The number of nitrogens with zero attached hydrogens (tertiary/aromatic N) is 3. The summed E-state index contributed by atoms with van der Waals surface area (Å²) < 4.78 is 7.59. The Hall–Kier alpha value is -2.03. The van der Waals surface area contributed by atoms with Gasteiger partial charge in [0, 0.05) is 19.0 Å². The van der Waals surface area contributed by atoms with Crippen LogP contribution in [0.15, 0.2) is 12.5 Å². The van der Waals surface area contributed by atoms with Gasteiger partial charge < -0.3 is 24.8 Å². The average molecular weight is 318 g/mol. The molecule has 122 valence electrons. The molecule has 1 unspecified atom stereocenters. The van der Waals surface area contributed by atoms with E-state index in [0.29, 0.717) is 30.7 Å². The van der Waals surface area contributed by atoms with E-state index in [0.717, 1.165) is 10.9 Å². The molecular formula is C15H18N4O4. The summed E-state index contributed by atoms with van der Waals surface area (Å²) >= 11 is 0. The predicted octanol–water partition coefficient (Wildman–Crippen LogP) is 0.347. The predicted molar refractivity (Wildman–Crippen MR) is 80.7 cm³/mol. The van der Waals surface area contributed by atoms with Crippen LogP contribution in [0.25, 0.3) is 11.0 Å². The van der Waals surface area contributed by atoms with Crippen LogP contribution in [0.5, 0.6) is 0 Å². The maximum atomic E-state index is 11.7. The minimum Gasteiger partial charge on any atom is -0.394 e. The Bertz CT molecular complexity index is 785. The van der Waals surface area contributed by atoms with E-state index < -0.39 is 17.9 Å². The standard InChI is InChI=1S/C15H18N4O4/c1-15(22)4-9(6-20)23-14(15)19-5-8-2-3-10(21)18-12-11(8)13(19)17-7-16-12/h5,7,9,14,20,22H,2-4,6H2,1H3,(H,16,17,18,21)/t9-,14?,15+/m0/s1. The van der Waals surface area contributed by atoms with Crippen LogP contribution in [-0.2, 0) is 16.0 Å². The molecule has 8 heteroatoms. The zero-order valence-electron chi connectivity index (χ0n) is 12.7. The molecule has 4 heterocycles. The summed E-state index contributed by atoms with van der Waals surface area (Å²) in [5.41, 5.74) is 0.437. The summed E-state index contributed by atoms with van der Waals surface area (Å²) in [6, 6.07) is 0. The number of hydrogen-bond donors (Lipinski definition) is 3. The second-order valence-electron chi connectivity index (χ2n) is 6.38. The fraction of sp³-hybridized carbons (Fsp3) is 0.533. The summed E-state index contributed by atoms with van der Waals surface area (Å²) in [5.74, 6) is 0.416. The Morgan fingerprint density at radius 2 is 2.30 bits per heavy atom. The third kappa shape index (κ3) is 2.21. The molecule has 2 aliphatic rings. The molecule has 1 amide bonds. The molecule has 4 rings (SSSR count). The van der Waals surface area contributed by atoms with Gasteiger partial charge in [-0.2, -0.15) is 0 Å². The summed E-state index contributed by atoms with van der Waals surface area (Å²) in [5, 5.41) is 23.6. The van der Waals surface area contributed by atoms with Crippen molar-refractivity contribution in [3.05, 3.63) is 18.1 Å². The molecule has 0 spiro atoms. The maximum absolute atomic E-state index is 11.7. The third-order valence-corrected chi connectivity index (χ3v) is 4.52. The van der Waals surface area contributed by atoms with E-state index in [1.807, 2.05) is 6.20 Å². The van der Waals surface area contributed by atoms with Crippen LogP contribution in [0.2, 0.25) is 0 Å². The Morgan fingerprint density at radius 3 is 3.04 bits per heavy atom. The SMILES string of the molecule is C[C@@]1(O)C[C@@H](CO)OC1n1cc2c3c(ncnc31)NC(=O)CC2. The number of aromatic nitrogens is 3. The van der Waals surface area contributed by atoms with Gasteiger partial charge in [0.25, 0.3) is 0 Å².